The Bertz CT molecular complexity index is 909. The molecule has 1 aliphatic carbocycles. The number of hydrogen-bond donors (Lipinski definition) is 0. The summed E-state index contributed by atoms with van der Waals surface area (Å²) in [5, 5.41) is 0. The van der Waals surface area contributed by atoms with Crippen LogP contribution in [0.5, 0.6) is 0 Å². The first-order valence-electron chi connectivity index (χ1n) is 11.2. The van der Waals surface area contributed by atoms with E-state index in [9.17, 15) is 9.59 Å². The Morgan fingerprint density at radius 3 is 2.59 bits per heavy atom. The predicted octanol–water partition coefficient (Wildman–Crippen LogP) is 3.31. The van der Waals surface area contributed by atoms with Crippen LogP contribution in [0.3, 0.4) is 0 Å². The number of amides is 2. The first-order chi connectivity index (χ1) is 14.2. The van der Waals surface area contributed by atoms with Crippen LogP contribution in [0.2, 0.25) is 0 Å². The molecule has 1 saturated carbocycles. The van der Waals surface area contributed by atoms with Crippen LogP contribution in [-0.2, 0) is 16.1 Å². The molecule has 3 heterocycles. The summed E-state index contributed by atoms with van der Waals surface area (Å²) < 4.78 is 2.08. The molecule has 5 rings (SSSR count). The van der Waals surface area contributed by atoms with E-state index >= 15 is 0 Å². The van der Waals surface area contributed by atoms with Crippen molar-refractivity contribution in [2.45, 2.75) is 69.9 Å². The molecule has 6 heteroatoms. The van der Waals surface area contributed by atoms with Gasteiger partial charge in [0.15, 0.2) is 0 Å². The summed E-state index contributed by atoms with van der Waals surface area (Å²) in [6.45, 7) is 2.78. The van der Waals surface area contributed by atoms with E-state index in [0.29, 0.717) is 19.0 Å². The standard InChI is InChI=1S/C23H30N4O2/c28-21-14-17(15-26(21)18-8-2-1-3-9-18)23-24-19-10-4-5-11-20(19)27(23)16-22(29)25-12-6-7-13-25/h4-5,10-11,17-18H,1-3,6-9,12-16H2/t17-/m0/s1. The van der Waals surface area contributed by atoms with E-state index in [0.717, 1.165) is 62.2 Å². The molecule has 154 valence electrons. The van der Waals surface area contributed by atoms with Crippen LogP contribution in [0, 0.1) is 0 Å². The number of likely N-dealkylation sites (tertiary alicyclic amines) is 2. The Labute approximate surface area is 171 Å². The molecule has 0 radical (unpaired) electrons. The van der Waals surface area contributed by atoms with Crippen LogP contribution >= 0.6 is 0 Å². The lowest BCUT2D eigenvalue weighted by atomic mass is 9.94. The first kappa shape index (κ1) is 18.6. The Balaban J connectivity index is 1.43. The molecule has 3 aliphatic rings. The Morgan fingerprint density at radius 2 is 1.79 bits per heavy atom. The molecule has 1 aromatic carbocycles. The number of benzene rings is 1. The summed E-state index contributed by atoms with van der Waals surface area (Å²) >= 11 is 0. The van der Waals surface area contributed by atoms with Gasteiger partial charge < -0.3 is 14.4 Å². The monoisotopic (exact) mass is 394 g/mol. The third-order valence-electron chi connectivity index (χ3n) is 6.98. The van der Waals surface area contributed by atoms with Crippen molar-refractivity contribution in [3.05, 3.63) is 30.1 Å². The number of fused-ring (bicyclic) bond motifs is 1. The fraction of sp³-hybridized carbons (Fsp3) is 0.609. The second-order valence-electron chi connectivity index (χ2n) is 8.87. The van der Waals surface area contributed by atoms with Crippen molar-refractivity contribution in [3.63, 3.8) is 0 Å². The summed E-state index contributed by atoms with van der Waals surface area (Å²) in [5.74, 6) is 1.40. The number of nitrogens with zero attached hydrogens (tertiary/aromatic N) is 4. The number of aromatic nitrogens is 2. The summed E-state index contributed by atoms with van der Waals surface area (Å²) in [6, 6.07) is 8.42. The molecule has 0 spiro atoms. The fourth-order valence-corrected chi connectivity index (χ4v) is 5.42. The second kappa shape index (κ2) is 7.81. The molecule has 0 bridgehead atoms. The van der Waals surface area contributed by atoms with Crippen LogP contribution in [0.1, 0.15) is 63.1 Å². The quantitative estimate of drug-likeness (QED) is 0.799. The normalized spacial score (nSPS) is 23.4. The molecule has 2 aliphatic heterocycles. The van der Waals surface area contributed by atoms with Gasteiger partial charge in [-0.15, -0.1) is 0 Å². The van der Waals surface area contributed by atoms with E-state index < -0.39 is 0 Å². The van der Waals surface area contributed by atoms with Crippen LogP contribution in [0.15, 0.2) is 24.3 Å². The van der Waals surface area contributed by atoms with Gasteiger partial charge in [0, 0.05) is 38.0 Å². The van der Waals surface area contributed by atoms with Gasteiger partial charge in [-0.2, -0.15) is 0 Å². The highest BCUT2D eigenvalue weighted by molar-refractivity contribution is 5.83. The van der Waals surface area contributed by atoms with Gasteiger partial charge in [-0.25, -0.2) is 4.98 Å². The highest BCUT2D eigenvalue weighted by Crippen LogP contribution is 2.34. The van der Waals surface area contributed by atoms with Crippen LogP contribution in [-0.4, -0.2) is 56.8 Å². The van der Waals surface area contributed by atoms with Gasteiger partial charge >= 0.3 is 0 Å². The Kier molecular flexibility index (Phi) is 5.02. The minimum Gasteiger partial charge on any atom is -0.341 e. The molecule has 6 nitrogen and oxygen atoms in total. The molecule has 2 saturated heterocycles. The maximum Gasteiger partial charge on any atom is 0.242 e. The van der Waals surface area contributed by atoms with E-state index in [1.165, 1.54) is 19.3 Å². The molecule has 2 amide bonds. The molecule has 1 aromatic heterocycles. The lowest BCUT2D eigenvalue weighted by Gasteiger charge is -2.31. The average molecular weight is 395 g/mol. The van der Waals surface area contributed by atoms with E-state index in [4.69, 9.17) is 4.98 Å². The third-order valence-corrected chi connectivity index (χ3v) is 6.98. The number of rotatable bonds is 4. The smallest absolute Gasteiger partial charge is 0.242 e. The molecule has 0 unspecified atom stereocenters. The SMILES string of the molecule is O=C(Cn1c([C@H]2CC(=O)N(C3CCCCC3)C2)nc2ccccc21)N1CCCC1. The van der Waals surface area contributed by atoms with E-state index in [1.54, 1.807) is 0 Å². The average Bonchev–Trinajstić information content (AvgIpc) is 3.48. The van der Waals surface area contributed by atoms with Crippen LogP contribution < -0.4 is 0 Å². The largest absolute Gasteiger partial charge is 0.341 e. The van der Waals surface area contributed by atoms with Crippen molar-refractivity contribution < 1.29 is 9.59 Å². The lowest BCUT2D eigenvalue weighted by molar-refractivity contribution is -0.131. The number of carbonyl (C=O) groups excluding carboxylic acids is 2. The van der Waals surface area contributed by atoms with Gasteiger partial charge in [0.25, 0.3) is 0 Å². The van der Waals surface area contributed by atoms with Crippen LogP contribution in [0.4, 0.5) is 0 Å². The number of imidazole rings is 1. The highest BCUT2D eigenvalue weighted by atomic mass is 16.2. The number of carbonyl (C=O) groups is 2. The van der Waals surface area contributed by atoms with E-state index in [-0.39, 0.29) is 17.7 Å². The first-order valence-corrected chi connectivity index (χ1v) is 11.2. The predicted molar refractivity (Wildman–Crippen MR) is 111 cm³/mol. The molecule has 3 fully saturated rings. The zero-order valence-electron chi connectivity index (χ0n) is 17.1. The molecule has 1 atom stereocenters. The molecule has 2 aromatic rings. The topological polar surface area (TPSA) is 58.4 Å². The molecule has 29 heavy (non-hydrogen) atoms. The highest BCUT2D eigenvalue weighted by Gasteiger charge is 2.38. The van der Waals surface area contributed by atoms with Gasteiger partial charge in [0.05, 0.1) is 11.0 Å². The molecule has 0 N–H and O–H groups in total. The van der Waals surface area contributed by atoms with Crippen molar-refractivity contribution in [2.24, 2.45) is 0 Å². The van der Waals surface area contributed by atoms with Crippen LogP contribution in [0.25, 0.3) is 11.0 Å². The minimum absolute atomic E-state index is 0.0724. The second-order valence-corrected chi connectivity index (χ2v) is 8.87. The van der Waals surface area contributed by atoms with Crippen molar-refractivity contribution in [1.82, 2.24) is 19.4 Å². The number of para-hydroxylation sites is 2. The van der Waals surface area contributed by atoms with Crippen molar-refractivity contribution >= 4 is 22.8 Å². The summed E-state index contributed by atoms with van der Waals surface area (Å²) in [4.78, 5) is 34.7. The maximum absolute atomic E-state index is 12.9. The summed E-state index contributed by atoms with van der Waals surface area (Å²) in [7, 11) is 0. The van der Waals surface area contributed by atoms with Crippen molar-refractivity contribution in [1.29, 1.82) is 0 Å². The van der Waals surface area contributed by atoms with Gasteiger partial charge in [-0.3, -0.25) is 9.59 Å². The summed E-state index contributed by atoms with van der Waals surface area (Å²) in [6.07, 6.45) is 8.69. The van der Waals surface area contributed by atoms with Gasteiger partial charge in [0.1, 0.15) is 12.4 Å². The van der Waals surface area contributed by atoms with E-state index in [1.807, 2.05) is 29.2 Å². The zero-order valence-corrected chi connectivity index (χ0v) is 17.1. The summed E-state index contributed by atoms with van der Waals surface area (Å²) in [5.41, 5.74) is 1.92. The fourth-order valence-electron chi connectivity index (χ4n) is 5.42. The maximum atomic E-state index is 12.9. The lowest BCUT2D eigenvalue weighted by Crippen LogP contribution is -2.37. The third kappa shape index (κ3) is 3.53. The molecular weight excluding hydrogens is 364 g/mol. The Morgan fingerprint density at radius 1 is 1.03 bits per heavy atom. The number of hydrogen-bond acceptors (Lipinski definition) is 3. The van der Waals surface area contributed by atoms with Gasteiger partial charge in [-0.05, 0) is 37.8 Å². The Hall–Kier alpha value is -2.37. The molecular formula is C23H30N4O2. The minimum atomic E-state index is 0.0724. The van der Waals surface area contributed by atoms with Gasteiger partial charge in [0.2, 0.25) is 11.8 Å². The van der Waals surface area contributed by atoms with Crippen molar-refractivity contribution in [3.8, 4) is 0 Å². The van der Waals surface area contributed by atoms with E-state index in [2.05, 4.69) is 9.47 Å². The van der Waals surface area contributed by atoms with Gasteiger partial charge in [-0.1, -0.05) is 31.4 Å². The zero-order chi connectivity index (χ0) is 19.8. The van der Waals surface area contributed by atoms with Crippen molar-refractivity contribution in [2.75, 3.05) is 19.6 Å².